The van der Waals surface area contributed by atoms with Crippen molar-refractivity contribution in [2.75, 3.05) is 20.1 Å². The monoisotopic (exact) mass is 322 g/mol. The first-order chi connectivity index (χ1) is 9.20. The van der Waals surface area contributed by atoms with Gasteiger partial charge < -0.3 is 4.90 Å². The predicted molar refractivity (Wildman–Crippen MR) is 80.5 cm³/mol. The molecule has 0 amide bonds. The Bertz CT molecular complexity index is 556. The van der Waals surface area contributed by atoms with Crippen molar-refractivity contribution in [3.8, 4) is 0 Å². The average Bonchev–Trinajstić information content (AvgIpc) is 2.62. The number of aromatic nitrogens is 2. The molecule has 0 unspecified atom stereocenters. The molecule has 1 rings (SSSR count). The quantitative estimate of drug-likeness (QED) is 0.824. The molecule has 1 N–H and O–H groups in total. The summed E-state index contributed by atoms with van der Waals surface area (Å²) in [7, 11) is -0.0277. The molecule has 0 bridgehead atoms. The molecule has 1 aromatic rings. The summed E-state index contributed by atoms with van der Waals surface area (Å²) in [6, 6.07) is 0.420. The standard InChI is InChI=1S/C12H23ClN4O2S/c1-6-9(2)16(4)8-7-14-20(18,19)11-10(3)15-17(5)12(11)13/h9,14H,6-8H2,1-5H3/t9-/m1/s1. The third kappa shape index (κ3) is 3.94. The topological polar surface area (TPSA) is 67.2 Å². The lowest BCUT2D eigenvalue weighted by Gasteiger charge is -2.23. The van der Waals surface area contributed by atoms with Gasteiger partial charge in [-0.15, -0.1) is 0 Å². The molecule has 0 fully saturated rings. The smallest absolute Gasteiger partial charge is 0.245 e. The van der Waals surface area contributed by atoms with Gasteiger partial charge in [-0.25, -0.2) is 13.1 Å². The van der Waals surface area contributed by atoms with E-state index in [1.54, 1.807) is 14.0 Å². The van der Waals surface area contributed by atoms with Gasteiger partial charge >= 0.3 is 0 Å². The van der Waals surface area contributed by atoms with Crippen LogP contribution >= 0.6 is 11.6 Å². The molecule has 1 atom stereocenters. The largest absolute Gasteiger partial charge is 0.302 e. The number of sulfonamides is 1. The lowest BCUT2D eigenvalue weighted by molar-refractivity contribution is 0.256. The highest BCUT2D eigenvalue weighted by Gasteiger charge is 2.24. The number of hydrogen-bond donors (Lipinski definition) is 1. The van der Waals surface area contributed by atoms with E-state index in [4.69, 9.17) is 11.6 Å². The lowest BCUT2D eigenvalue weighted by atomic mass is 10.2. The summed E-state index contributed by atoms with van der Waals surface area (Å²) in [6.45, 7) is 6.82. The van der Waals surface area contributed by atoms with Gasteiger partial charge in [0.1, 0.15) is 10.0 Å². The summed E-state index contributed by atoms with van der Waals surface area (Å²) in [5.41, 5.74) is 0.403. The number of hydrogen-bond acceptors (Lipinski definition) is 4. The number of halogens is 1. The van der Waals surface area contributed by atoms with E-state index < -0.39 is 10.0 Å². The Morgan fingerprint density at radius 1 is 1.50 bits per heavy atom. The zero-order valence-corrected chi connectivity index (χ0v) is 14.2. The Labute approximate surface area is 126 Å². The van der Waals surface area contributed by atoms with E-state index in [-0.39, 0.29) is 10.0 Å². The van der Waals surface area contributed by atoms with Crippen molar-refractivity contribution < 1.29 is 8.42 Å². The van der Waals surface area contributed by atoms with Gasteiger partial charge in [0, 0.05) is 26.2 Å². The van der Waals surface area contributed by atoms with Crippen molar-refractivity contribution in [3.63, 3.8) is 0 Å². The third-order valence-corrected chi connectivity index (χ3v) is 5.62. The zero-order chi connectivity index (χ0) is 15.5. The van der Waals surface area contributed by atoms with Crippen molar-refractivity contribution in [2.45, 2.75) is 38.1 Å². The van der Waals surface area contributed by atoms with Crippen LogP contribution < -0.4 is 4.72 Å². The van der Waals surface area contributed by atoms with Crippen LogP contribution in [0.3, 0.4) is 0 Å². The average molecular weight is 323 g/mol. The molecule has 0 spiro atoms. The van der Waals surface area contributed by atoms with Crippen LogP contribution in [-0.4, -0.2) is 49.3 Å². The molecule has 1 heterocycles. The second-order valence-corrected chi connectivity index (χ2v) is 7.03. The summed E-state index contributed by atoms with van der Waals surface area (Å²) in [5, 5.41) is 4.15. The number of nitrogens with one attached hydrogen (secondary N) is 1. The molecule has 0 aromatic carbocycles. The highest BCUT2D eigenvalue weighted by atomic mass is 35.5. The molecule has 1 aromatic heterocycles. The van der Waals surface area contributed by atoms with E-state index in [1.807, 2.05) is 7.05 Å². The minimum Gasteiger partial charge on any atom is -0.302 e. The Balaban J connectivity index is 2.72. The molecule has 116 valence electrons. The maximum atomic E-state index is 12.2. The molecule has 20 heavy (non-hydrogen) atoms. The van der Waals surface area contributed by atoms with Crippen LogP contribution in [0.4, 0.5) is 0 Å². The van der Waals surface area contributed by atoms with Crippen LogP contribution in [0.15, 0.2) is 4.90 Å². The van der Waals surface area contributed by atoms with Crippen LogP contribution in [0.1, 0.15) is 26.0 Å². The van der Waals surface area contributed by atoms with Gasteiger partial charge in [-0.1, -0.05) is 18.5 Å². The zero-order valence-electron chi connectivity index (χ0n) is 12.6. The van der Waals surface area contributed by atoms with Crippen molar-refractivity contribution in [2.24, 2.45) is 7.05 Å². The molecule has 0 aliphatic rings. The fourth-order valence-electron chi connectivity index (χ4n) is 1.88. The molecule has 0 aliphatic heterocycles. The van der Waals surface area contributed by atoms with Gasteiger partial charge in [-0.2, -0.15) is 5.10 Å². The van der Waals surface area contributed by atoms with E-state index in [0.717, 1.165) is 6.42 Å². The Kier molecular flexibility index (Phi) is 6.00. The molecule has 0 radical (unpaired) electrons. The van der Waals surface area contributed by atoms with Crippen LogP contribution in [0.2, 0.25) is 5.15 Å². The van der Waals surface area contributed by atoms with Crippen LogP contribution in [-0.2, 0) is 17.1 Å². The summed E-state index contributed by atoms with van der Waals surface area (Å²) in [6.07, 6.45) is 1.02. The molecule has 0 aliphatic carbocycles. The molecule has 6 nitrogen and oxygen atoms in total. The fourth-order valence-corrected chi connectivity index (χ4v) is 3.64. The lowest BCUT2D eigenvalue weighted by Crippen LogP contribution is -2.37. The number of nitrogens with zero attached hydrogens (tertiary/aromatic N) is 3. The first-order valence-electron chi connectivity index (χ1n) is 6.59. The van der Waals surface area contributed by atoms with Crippen molar-refractivity contribution in [3.05, 3.63) is 10.8 Å². The van der Waals surface area contributed by atoms with Crippen LogP contribution in [0, 0.1) is 6.92 Å². The maximum absolute atomic E-state index is 12.2. The Morgan fingerprint density at radius 2 is 2.10 bits per heavy atom. The van der Waals surface area contributed by atoms with Gasteiger partial charge in [-0.3, -0.25) is 4.68 Å². The van der Waals surface area contributed by atoms with E-state index in [9.17, 15) is 8.42 Å². The van der Waals surface area contributed by atoms with E-state index in [1.165, 1.54) is 4.68 Å². The first-order valence-corrected chi connectivity index (χ1v) is 8.45. The van der Waals surface area contributed by atoms with E-state index >= 15 is 0 Å². The summed E-state index contributed by atoms with van der Waals surface area (Å²) in [5.74, 6) is 0. The highest BCUT2D eigenvalue weighted by Crippen LogP contribution is 2.23. The molecule has 0 saturated heterocycles. The van der Waals surface area contributed by atoms with Gasteiger partial charge in [0.25, 0.3) is 0 Å². The number of likely N-dealkylation sites (N-methyl/N-ethyl adjacent to an activating group) is 1. The summed E-state index contributed by atoms with van der Waals surface area (Å²) in [4.78, 5) is 2.17. The van der Waals surface area contributed by atoms with E-state index in [2.05, 4.69) is 28.6 Å². The molecular formula is C12H23ClN4O2S. The summed E-state index contributed by atoms with van der Waals surface area (Å²) >= 11 is 5.98. The van der Waals surface area contributed by atoms with Gasteiger partial charge in [0.05, 0.1) is 5.69 Å². The number of aryl methyl sites for hydroxylation is 2. The highest BCUT2D eigenvalue weighted by molar-refractivity contribution is 7.89. The van der Waals surface area contributed by atoms with Gasteiger partial charge in [0.15, 0.2) is 0 Å². The van der Waals surface area contributed by atoms with Crippen LogP contribution in [0.25, 0.3) is 0 Å². The molecular weight excluding hydrogens is 300 g/mol. The predicted octanol–water partition coefficient (Wildman–Crippen LogP) is 1.39. The van der Waals surface area contributed by atoms with Gasteiger partial charge in [0.2, 0.25) is 10.0 Å². The van der Waals surface area contributed by atoms with Gasteiger partial charge in [-0.05, 0) is 27.3 Å². The second-order valence-electron chi connectivity index (χ2n) is 4.96. The van der Waals surface area contributed by atoms with Crippen molar-refractivity contribution >= 4 is 21.6 Å². The SMILES string of the molecule is CC[C@@H](C)N(C)CCNS(=O)(=O)c1c(C)nn(C)c1Cl. The maximum Gasteiger partial charge on any atom is 0.245 e. The second kappa shape index (κ2) is 6.89. The Hall–Kier alpha value is -0.630. The summed E-state index contributed by atoms with van der Waals surface area (Å²) < 4.78 is 28.4. The fraction of sp³-hybridized carbons (Fsp3) is 0.750. The minimum atomic E-state index is -3.62. The Morgan fingerprint density at radius 3 is 2.55 bits per heavy atom. The van der Waals surface area contributed by atoms with E-state index in [0.29, 0.717) is 24.8 Å². The molecule has 0 saturated carbocycles. The molecule has 8 heteroatoms. The minimum absolute atomic E-state index is 0.0628. The first kappa shape index (κ1) is 17.4. The van der Waals surface area contributed by atoms with Crippen molar-refractivity contribution in [1.29, 1.82) is 0 Å². The van der Waals surface area contributed by atoms with Crippen LogP contribution in [0.5, 0.6) is 0 Å². The number of rotatable bonds is 7. The van der Waals surface area contributed by atoms with Crippen molar-refractivity contribution in [1.82, 2.24) is 19.4 Å². The normalized spacial score (nSPS) is 13.9. The third-order valence-electron chi connectivity index (χ3n) is 3.47.